The Morgan fingerprint density at radius 1 is 1.23 bits per heavy atom. The lowest BCUT2D eigenvalue weighted by atomic mass is 10.1. The molecule has 5 heteroatoms. The van der Waals surface area contributed by atoms with Crippen LogP contribution in [0.1, 0.15) is 15.9 Å². The Labute approximate surface area is 137 Å². The highest BCUT2D eigenvalue weighted by Gasteiger charge is 2.19. The predicted octanol–water partition coefficient (Wildman–Crippen LogP) is 3.88. The van der Waals surface area contributed by atoms with Crippen molar-refractivity contribution in [3.63, 3.8) is 0 Å². The second-order valence-corrected chi connectivity index (χ2v) is 5.68. The quantitative estimate of drug-likeness (QED) is 0.777. The molecule has 0 aliphatic rings. The normalized spacial score (nSPS) is 10.5. The predicted molar refractivity (Wildman–Crippen MR) is 87.2 cm³/mol. The highest BCUT2D eigenvalue weighted by molar-refractivity contribution is 9.10. The molecular weight excluding hydrogens is 349 g/mol. The maximum atomic E-state index is 13.4. The molecular formula is C17H17BrFNO2. The third kappa shape index (κ3) is 4.39. The fraction of sp³-hybridized carbons (Fsp3) is 0.235. The van der Waals surface area contributed by atoms with Crippen molar-refractivity contribution in [2.24, 2.45) is 0 Å². The van der Waals surface area contributed by atoms with Crippen LogP contribution in [-0.2, 0) is 11.3 Å². The fourth-order valence-electron chi connectivity index (χ4n) is 2.09. The third-order valence-electron chi connectivity index (χ3n) is 3.23. The van der Waals surface area contributed by atoms with Gasteiger partial charge in [0.1, 0.15) is 5.82 Å². The van der Waals surface area contributed by atoms with Gasteiger partial charge < -0.3 is 9.64 Å². The number of amides is 1. The van der Waals surface area contributed by atoms with E-state index in [0.29, 0.717) is 29.7 Å². The average Bonchev–Trinajstić information content (AvgIpc) is 2.54. The van der Waals surface area contributed by atoms with Crippen LogP contribution in [0, 0.1) is 5.82 Å². The second kappa shape index (κ2) is 8.06. The number of carbonyl (C=O) groups excluding carboxylic acids is 1. The first kappa shape index (κ1) is 16.6. The average molecular weight is 366 g/mol. The Balaban J connectivity index is 2.24. The first-order chi connectivity index (χ1) is 10.6. The third-order valence-corrected chi connectivity index (χ3v) is 3.92. The van der Waals surface area contributed by atoms with Crippen LogP contribution < -0.4 is 0 Å². The molecule has 2 rings (SSSR count). The zero-order chi connectivity index (χ0) is 15.9. The van der Waals surface area contributed by atoms with Crippen LogP contribution in [-0.4, -0.2) is 31.1 Å². The summed E-state index contributed by atoms with van der Waals surface area (Å²) in [7, 11) is 1.59. The van der Waals surface area contributed by atoms with Crippen molar-refractivity contribution in [1.29, 1.82) is 0 Å². The van der Waals surface area contributed by atoms with Gasteiger partial charge in [-0.1, -0.05) is 30.3 Å². The van der Waals surface area contributed by atoms with Crippen molar-refractivity contribution in [1.82, 2.24) is 4.90 Å². The number of ether oxygens (including phenoxy) is 1. The molecule has 22 heavy (non-hydrogen) atoms. The van der Waals surface area contributed by atoms with Gasteiger partial charge in [-0.05, 0) is 39.7 Å². The molecule has 0 atom stereocenters. The van der Waals surface area contributed by atoms with E-state index in [9.17, 15) is 9.18 Å². The number of benzene rings is 2. The molecule has 116 valence electrons. The van der Waals surface area contributed by atoms with E-state index >= 15 is 0 Å². The van der Waals surface area contributed by atoms with Crippen molar-refractivity contribution < 1.29 is 13.9 Å². The minimum absolute atomic E-state index is 0.229. The highest BCUT2D eigenvalue weighted by Crippen LogP contribution is 2.20. The van der Waals surface area contributed by atoms with E-state index in [4.69, 9.17) is 4.74 Å². The van der Waals surface area contributed by atoms with Crippen LogP contribution in [0.5, 0.6) is 0 Å². The first-order valence-corrected chi connectivity index (χ1v) is 7.68. The highest BCUT2D eigenvalue weighted by atomic mass is 79.9. The lowest BCUT2D eigenvalue weighted by molar-refractivity contribution is 0.0679. The van der Waals surface area contributed by atoms with Crippen molar-refractivity contribution in [3.8, 4) is 0 Å². The molecule has 0 unspecified atom stereocenters. The number of hydrogen-bond donors (Lipinski definition) is 0. The lowest BCUT2D eigenvalue weighted by Crippen LogP contribution is -2.33. The number of halogens is 2. The van der Waals surface area contributed by atoms with E-state index in [1.807, 2.05) is 30.3 Å². The van der Waals surface area contributed by atoms with Gasteiger partial charge in [-0.25, -0.2) is 4.39 Å². The van der Waals surface area contributed by atoms with E-state index in [0.717, 1.165) is 5.56 Å². The number of nitrogens with zero attached hydrogens (tertiary/aromatic N) is 1. The van der Waals surface area contributed by atoms with E-state index in [2.05, 4.69) is 15.9 Å². The molecule has 0 fully saturated rings. The van der Waals surface area contributed by atoms with Gasteiger partial charge in [0.2, 0.25) is 0 Å². The molecule has 0 bridgehead atoms. The molecule has 0 aromatic heterocycles. The van der Waals surface area contributed by atoms with Crippen molar-refractivity contribution in [2.75, 3.05) is 20.3 Å². The Kier molecular flexibility index (Phi) is 6.10. The summed E-state index contributed by atoms with van der Waals surface area (Å²) in [4.78, 5) is 14.4. The largest absolute Gasteiger partial charge is 0.383 e. The molecule has 0 saturated heterocycles. The van der Waals surface area contributed by atoms with Crippen LogP contribution in [0.2, 0.25) is 0 Å². The first-order valence-electron chi connectivity index (χ1n) is 6.89. The van der Waals surface area contributed by atoms with E-state index in [1.165, 1.54) is 12.1 Å². The number of rotatable bonds is 6. The standard InChI is InChI=1S/C17H17BrFNO2/c1-22-10-9-20(12-13-5-3-2-4-6-13)17(21)15-11-14(19)7-8-16(15)18/h2-8,11H,9-10,12H2,1H3. The van der Waals surface area contributed by atoms with E-state index in [1.54, 1.807) is 18.1 Å². The summed E-state index contributed by atoms with van der Waals surface area (Å²) in [6.45, 7) is 1.31. The van der Waals surface area contributed by atoms with Crippen molar-refractivity contribution in [2.45, 2.75) is 6.54 Å². The maximum absolute atomic E-state index is 13.4. The van der Waals surface area contributed by atoms with E-state index < -0.39 is 5.82 Å². The van der Waals surface area contributed by atoms with Gasteiger partial charge in [0.15, 0.2) is 0 Å². The molecule has 2 aromatic carbocycles. The summed E-state index contributed by atoms with van der Waals surface area (Å²) < 4.78 is 19.1. The van der Waals surface area contributed by atoms with Gasteiger partial charge in [-0.3, -0.25) is 4.79 Å². The molecule has 0 N–H and O–H groups in total. The van der Waals surface area contributed by atoms with Crippen LogP contribution in [0.25, 0.3) is 0 Å². The minimum Gasteiger partial charge on any atom is -0.383 e. The second-order valence-electron chi connectivity index (χ2n) is 4.83. The van der Waals surface area contributed by atoms with Gasteiger partial charge in [-0.2, -0.15) is 0 Å². The number of methoxy groups -OCH3 is 1. The van der Waals surface area contributed by atoms with Gasteiger partial charge in [-0.15, -0.1) is 0 Å². The molecule has 2 aromatic rings. The monoisotopic (exact) mass is 365 g/mol. The van der Waals surface area contributed by atoms with Gasteiger partial charge in [0.25, 0.3) is 5.91 Å². The Bertz CT molecular complexity index is 634. The zero-order valence-corrected chi connectivity index (χ0v) is 13.8. The summed E-state index contributed by atoms with van der Waals surface area (Å²) in [5.41, 5.74) is 1.33. The summed E-state index contributed by atoms with van der Waals surface area (Å²) in [6.07, 6.45) is 0. The van der Waals surface area contributed by atoms with Gasteiger partial charge in [0, 0.05) is 24.7 Å². The smallest absolute Gasteiger partial charge is 0.255 e. The van der Waals surface area contributed by atoms with Crippen LogP contribution >= 0.6 is 15.9 Å². The van der Waals surface area contributed by atoms with Gasteiger partial charge in [0.05, 0.1) is 12.2 Å². The summed E-state index contributed by atoms with van der Waals surface area (Å²) in [6, 6.07) is 13.8. The Morgan fingerprint density at radius 3 is 2.64 bits per heavy atom. The molecule has 1 amide bonds. The summed E-state index contributed by atoms with van der Waals surface area (Å²) in [5.74, 6) is -0.662. The molecule has 0 spiro atoms. The summed E-state index contributed by atoms with van der Waals surface area (Å²) >= 11 is 3.31. The fourth-order valence-corrected chi connectivity index (χ4v) is 2.51. The van der Waals surface area contributed by atoms with Crippen LogP contribution in [0.4, 0.5) is 4.39 Å². The molecule has 0 aliphatic carbocycles. The molecule has 3 nitrogen and oxygen atoms in total. The van der Waals surface area contributed by atoms with Crippen molar-refractivity contribution in [3.05, 3.63) is 69.9 Å². The van der Waals surface area contributed by atoms with Crippen LogP contribution in [0.3, 0.4) is 0 Å². The number of hydrogen-bond acceptors (Lipinski definition) is 2. The Hall–Kier alpha value is -1.72. The Morgan fingerprint density at radius 2 is 1.95 bits per heavy atom. The van der Waals surface area contributed by atoms with Gasteiger partial charge >= 0.3 is 0 Å². The molecule has 0 radical (unpaired) electrons. The minimum atomic E-state index is -0.432. The molecule has 0 saturated carbocycles. The maximum Gasteiger partial charge on any atom is 0.255 e. The summed E-state index contributed by atoms with van der Waals surface area (Å²) in [5, 5.41) is 0. The van der Waals surface area contributed by atoms with E-state index in [-0.39, 0.29) is 5.91 Å². The zero-order valence-electron chi connectivity index (χ0n) is 12.3. The molecule has 0 aliphatic heterocycles. The SMILES string of the molecule is COCCN(Cc1ccccc1)C(=O)c1cc(F)ccc1Br. The number of carbonyl (C=O) groups is 1. The topological polar surface area (TPSA) is 29.5 Å². The lowest BCUT2D eigenvalue weighted by Gasteiger charge is -2.23. The van der Waals surface area contributed by atoms with Crippen LogP contribution in [0.15, 0.2) is 53.0 Å². The van der Waals surface area contributed by atoms with Crippen molar-refractivity contribution >= 4 is 21.8 Å². The molecule has 0 heterocycles.